The molecule has 1 atom stereocenters. The number of carboxylic acid groups (broad SMARTS) is 1. The zero-order valence-electron chi connectivity index (χ0n) is 12.5. The van der Waals surface area contributed by atoms with E-state index in [1.54, 1.807) is 12.1 Å². The van der Waals surface area contributed by atoms with Gasteiger partial charge in [-0.15, -0.1) is 0 Å². The van der Waals surface area contributed by atoms with Gasteiger partial charge in [-0.1, -0.05) is 39.2 Å². The molecule has 0 bridgehead atoms. The van der Waals surface area contributed by atoms with Crippen LogP contribution in [0.5, 0.6) is 11.5 Å². The van der Waals surface area contributed by atoms with Gasteiger partial charge in [0.25, 0.3) is 0 Å². The first-order valence-corrected chi connectivity index (χ1v) is 7.17. The van der Waals surface area contributed by atoms with Crippen LogP contribution in [0.2, 0.25) is 0 Å². The molecular formula is C16H24O4. The molecule has 0 aromatic heterocycles. The summed E-state index contributed by atoms with van der Waals surface area (Å²) >= 11 is 0. The average Bonchev–Trinajstić information content (AvgIpc) is 2.47. The molecule has 1 aromatic rings. The van der Waals surface area contributed by atoms with Crippen molar-refractivity contribution in [2.75, 3.05) is 13.7 Å². The summed E-state index contributed by atoms with van der Waals surface area (Å²) in [6, 6.07) is 4.91. The fourth-order valence-corrected chi connectivity index (χ4v) is 2.09. The van der Waals surface area contributed by atoms with Gasteiger partial charge in [-0.2, -0.15) is 0 Å². The molecule has 1 unspecified atom stereocenters. The number of hydrogen-bond acceptors (Lipinski definition) is 3. The minimum atomic E-state index is -1.000. The number of carbonyl (C=O) groups is 1. The number of aromatic carboxylic acids is 1. The van der Waals surface area contributed by atoms with Crippen LogP contribution >= 0.6 is 0 Å². The van der Waals surface area contributed by atoms with Crippen LogP contribution in [0.1, 0.15) is 49.9 Å². The number of methoxy groups -OCH3 is 1. The molecule has 0 saturated heterocycles. The molecular weight excluding hydrogens is 256 g/mol. The molecule has 1 rings (SSSR count). The highest BCUT2D eigenvalue weighted by atomic mass is 16.5. The smallest absolute Gasteiger partial charge is 0.339 e. The predicted octanol–water partition coefficient (Wildman–Crippen LogP) is 3.99. The predicted molar refractivity (Wildman–Crippen MR) is 78.8 cm³/mol. The van der Waals surface area contributed by atoms with E-state index in [-0.39, 0.29) is 5.56 Å². The van der Waals surface area contributed by atoms with Crippen molar-refractivity contribution in [1.29, 1.82) is 0 Å². The Bertz CT molecular complexity index is 428. The van der Waals surface area contributed by atoms with Crippen molar-refractivity contribution in [3.63, 3.8) is 0 Å². The maximum atomic E-state index is 11.2. The average molecular weight is 280 g/mol. The van der Waals surface area contributed by atoms with Gasteiger partial charge in [-0.3, -0.25) is 0 Å². The molecule has 20 heavy (non-hydrogen) atoms. The molecule has 0 aliphatic rings. The summed E-state index contributed by atoms with van der Waals surface area (Å²) in [6.07, 6.45) is 4.45. The topological polar surface area (TPSA) is 55.8 Å². The minimum absolute atomic E-state index is 0.148. The first-order chi connectivity index (χ1) is 9.63. The quantitative estimate of drug-likeness (QED) is 0.743. The van der Waals surface area contributed by atoms with Crippen LogP contribution in [0.15, 0.2) is 18.2 Å². The van der Waals surface area contributed by atoms with Crippen LogP contribution in [-0.4, -0.2) is 24.8 Å². The van der Waals surface area contributed by atoms with Crippen LogP contribution in [0.25, 0.3) is 0 Å². The van der Waals surface area contributed by atoms with E-state index in [1.165, 1.54) is 19.6 Å². The van der Waals surface area contributed by atoms with E-state index in [2.05, 4.69) is 13.8 Å². The first-order valence-electron chi connectivity index (χ1n) is 7.17. The summed E-state index contributed by atoms with van der Waals surface area (Å²) in [5.41, 5.74) is 0.148. The van der Waals surface area contributed by atoms with E-state index < -0.39 is 5.97 Å². The Morgan fingerprint density at radius 1 is 1.35 bits per heavy atom. The summed E-state index contributed by atoms with van der Waals surface area (Å²) in [6.45, 7) is 4.82. The molecule has 0 radical (unpaired) electrons. The molecule has 112 valence electrons. The fourth-order valence-electron chi connectivity index (χ4n) is 2.09. The molecule has 0 spiro atoms. The lowest BCUT2D eigenvalue weighted by Crippen LogP contribution is -2.13. The molecule has 4 heteroatoms. The first kappa shape index (κ1) is 16.3. The van der Waals surface area contributed by atoms with Crippen molar-refractivity contribution in [3.05, 3.63) is 23.8 Å². The molecule has 1 aromatic carbocycles. The van der Waals surface area contributed by atoms with Gasteiger partial charge in [-0.05, 0) is 24.5 Å². The molecule has 0 aliphatic heterocycles. The highest BCUT2D eigenvalue weighted by Gasteiger charge is 2.17. The van der Waals surface area contributed by atoms with Crippen molar-refractivity contribution in [2.45, 2.75) is 39.5 Å². The monoisotopic (exact) mass is 280 g/mol. The van der Waals surface area contributed by atoms with Gasteiger partial charge in [0.05, 0.1) is 13.7 Å². The zero-order chi connectivity index (χ0) is 15.0. The van der Waals surface area contributed by atoms with Crippen molar-refractivity contribution >= 4 is 5.97 Å². The Labute approximate surface area is 120 Å². The third-order valence-electron chi connectivity index (χ3n) is 3.44. The van der Waals surface area contributed by atoms with Gasteiger partial charge < -0.3 is 14.6 Å². The summed E-state index contributed by atoms with van der Waals surface area (Å²) in [4.78, 5) is 11.2. The van der Waals surface area contributed by atoms with Gasteiger partial charge >= 0.3 is 5.97 Å². The number of benzene rings is 1. The van der Waals surface area contributed by atoms with Crippen LogP contribution in [0.4, 0.5) is 0 Å². The van der Waals surface area contributed by atoms with Crippen LogP contribution in [0, 0.1) is 5.92 Å². The molecule has 0 aliphatic carbocycles. The standard InChI is InChI=1S/C16H24O4/c1-4-6-8-12(5-2)11-20-15-13(16(17)18)9-7-10-14(15)19-3/h7,9-10,12H,4-6,8,11H2,1-3H3,(H,17,18). The third kappa shape index (κ3) is 4.44. The number of unbranched alkanes of at least 4 members (excludes halogenated alkanes) is 1. The lowest BCUT2D eigenvalue weighted by Gasteiger charge is -2.18. The minimum Gasteiger partial charge on any atom is -0.493 e. The second kappa shape index (κ2) is 8.46. The summed E-state index contributed by atoms with van der Waals surface area (Å²) in [5, 5.41) is 9.21. The SMILES string of the molecule is CCCCC(CC)COc1c(OC)cccc1C(=O)O. The maximum absolute atomic E-state index is 11.2. The number of ether oxygens (including phenoxy) is 2. The maximum Gasteiger partial charge on any atom is 0.339 e. The Hall–Kier alpha value is -1.71. The third-order valence-corrected chi connectivity index (χ3v) is 3.44. The molecule has 0 fully saturated rings. The largest absolute Gasteiger partial charge is 0.493 e. The van der Waals surface area contributed by atoms with Gasteiger partial charge in [0, 0.05) is 0 Å². The van der Waals surface area contributed by atoms with Crippen LogP contribution < -0.4 is 9.47 Å². The molecule has 1 N–H and O–H groups in total. The second-order valence-corrected chi connectivity index (χ2v) is 4.87. The van der Waals surface area contributed by atoms with E-state index in [0.717, 1.165) is 19.3 Å². The molecule has 0 heterocycles. The Balaban J connectivity index is 2.81. The van der Waals surface area contributed by atoms with Gasteiger partial charge in [0.15, 0.2) is 11.5 Å². The van der Waals surface area contributed by atoms with Crippen molar-refractivity contribution < 1.29 is 19.4 Å². The van der Waals surface area contributed by atoms with E-state index >= 15 is 0 Å². The fraction of sp³-hybridized carbons (Fsp3) is 0.562. The summed E-state index contributed by atoms with van der Waals surface area (Å²) in [5.74, 6) is 0.245. The van der Waals surface area contributed by atoms with Gasteiger partial charge in [-0.25, -0.2) is 4.79 Å². The summed E-state index contributed by atoms with van der Waals surface area (Å²) < 4.78 is 11.0. The van der Waals surface area contributed by atoms with E-state index in [0.29, 0.717) is 24.0 Å². The number of rotatable bonds is 9. The van der Waals surface area contributed by atoms with Crippen LogP contribution in [-0.2, 0) is 0 Å². The molecule has 0 amide bonds. The van der Waals surface area contributed by atoms with Gasteiger partial charge in [0.1, 0.15) is 5.56 Å². The summed E-state index contributed by atoms with van der Waals surface area (Å²) in [7, 11) is 1.52. The number of hydrogen-bond donors (Lipinski definition) is 1. The van der Waals surface area contributed by atoms with Crippen molar-refractivity contribution in [3.8, 4) is 11.5 Å². The van der Waals surface area contributed by atoms with E-state index in [4.69, 9.17) is 9.47 Å². The van der Waals surface area contributed by atoms with Crippen molar-refractivity contribution in [1.82, 2.24) is 0 Å². The second-order valence-electron chi connectivity index (χ2n) is 4.87. The lowest BCUT2D eigenvalue weighted by molar-refractivity contribution is 0.0690. The Morgan fingerprint density at radius 3 is 2.65 bits per heavy atom. The highest BCUT2D eigenvalue weighted by molar-refractivity contribution is 5.92. The molecule has 4 nitrogen and oxygen atoms in total. The lowest BCUT2D eigenvalue weighted by atomic mass is 10.0. The Kier molecular flexibility index (Phi) is 6.91. The highest BCUT2D eigenvalue weighted by Crippen LogP contribution is 2.32. The van der Waals surface area contributed by atoms with E-state index in [1.807, 2.05) is 0 Å². The normalized spacial score (nSPS) is 11.9. The Morgan fingerprint density at radius 2 is 2.10 bits per heavy atom. The number of para-hydroxylation sites is 1. The molecule has 0 saturated carbocycles. The van der Waals surface area contributed by atoms with E-state index in [9.17, 15) is 9.90 Å². The number of carboxylic acids is 1. The van der Waals surface area contributed by atoms with Crippen LogP contribution in [0.3, 0.4) is 0 Å². The van der Waals surface area contributed by atoms with Gasteiger partial charge in [0.2, 0.25) is 0 Å². The zero-order valence-corrected chi connectivity index (χ0v) is 12.5. The van der Waals surface area contributed by atoms with Crippen molar-refractivity contribution in [2.24, 2.45) is 5.92 Å².